The lowest BCUT2D eigenvalue weighted by atomic mass is 9.95. The molecule has 6 heteroatoms. The zero-order valence-corrected chi connectivity index (χ0v) is 17.6. The van der Waals surface area contributed by atoms with Crippen LogP contribution in [0.4, 0.5) is 0 Å². The van der Waals surface area contributed by atoms with Gasteiger partial charge in [-0.05, 0) is 20.3 Å². The topological polar surface area (TPSA) is 86.7 Å². The summed E-state index contributed by atoms with van der Waals surface area (Å²) in [6.07, 6.45) is 0.282. The number of rotatable bonds is 9. The summed E-state index contributed by atoms with van der Waals surface area (Å²) in [5.41, 5.74) is 1.10. The molecule has 30 heavy (non-hydrogen) atoms. The van der Waals surface area contributed by atoms with Crippen molar-refractivity contribution in [1.82, 2.24) is 0 Å². The smallest absolute Gasteiger partial charge is 0.316 e. The summed E-state index contributed by atoms with van der Waals surface area (Å²) < 4.78 is 9.55. The van der Waals surface area contributed by atoms with Crippen LogP contribution in [0, 0.1) is 5.92 Å². The number of esters is 2. The van der Waals surface area contributed by atoms with Crippen LogP contribution in [-0.2, 0) is 19.1 Å². The third kappa shape index (κ3) is 8.39. The summed E-state index contributed by atoms with van der Waals surface area (Å²) in [5.74, 6) is -1.95. The van der Waals surface area contributed by atoms with Crippen LogP contribution in [-0.4, -0.2) is 36.7 Å². The van der Waals surface area contributed by atoms with Crippen LogP contribution in [0.15, 0.2) is 60.7 Å². The van der Waals surface area contributed by atoms with E-state index < -0.39 is 17.9 Å². The second kappa shape index (κ2) is 13.8. The first-order chi connectivity index (χ1) is 14.4. The fourth-order valence-corrected chi connectivity index (χ4v) is 2.57. The van der Waals surface area contributed by atoms with Crippen LogP contribution in [0.5, 0.6) is 0 Å². The molecule has 0 N–H and O–H groups in total. The second-order valence-corrected chi connectivity index (χ2v) is 6.21. The van der Waals surface area contributed by atoms with E-state index in [0.717, 1.165) is 0 Å². The van der Waals surface area contributed by atoms with E-state index in [4.69, 9.17) is 4.74 Å². The van der Waals surface area contributed by atoms with E-state index in [1.54, 1.807) is 62.4 Å². The first kappa shape index (κ1) is 24.8. The van der Waals surface area contributed by atoms with E-state index in [9.17, 15) is 19.2 Å². The summed E-state index contributed by atoms with van der Waals surface area (Å²) in [7, 11) is 0. The highest BCUT2D eigenvalue weighted by atomic mass is 16.5. The Labute approximate surface area is 177 Å². The molecule has 2 rings (SSSR count). The molecule has 0 amide bonds. The van der Waals surface area contributed by atoms with Gasteiger partial charge in [0.15, 0.2) is 11.6 Å². The Morgan fingerprint density at radius 3 is 1.70 bits per heavy atom. The number of ether oxygens (including phenoxy) is 2. The fraction of sp³-hybridized carbons (Fsp3) is 0.333. The maximum atomic E-state index is 12.0. The van der Waals surface area contributed by atoms with Crippen molar-refractivity contribution in [2.75, 3.05) is 13.2 Å². The first-order valence-corrected chi connectivity index (χ1v) is 9.94. The minimum absolute atomic E-state index is 0.165. The van der Waals surface area contributed by atoms with Gasteiger partial charge in [0.05, 0.1) is 13.2 Å². The Kier molecular flexibility index (Phi) is 11.4. The number of Topliss-reactive ketones (excluding diaryl/α,β-unsaturated/α-hetero) is 2. The van der Waals surface area contributed by atoms with E-state index in [1.165, 1.54) is 0 Å². The summed E-state index contributed by atoms with van der Waals surface area (Å²) in [4.78, 5) is 46.0. The standard InChI is InChI=1S/C13H16O3.C11H12O3/c1-3-11(13(15)16-4-2)12(14)10-8-6-5-7-9-10;1-2-14-11(13)8-10(12)9-6-4-3-5-7-9/h5-9,11H,3-4H2,1-2H3;3-7H,2,8H2,1H3. The van der Waals surface area contributed by atoms with Crippen molar-refractivity contribution in [3.8, 4) is 0 Å². The van der Waals surface area contributed by atoms with Crippen molar-refractivity contribution in [3.63, 3.8) is 0 Å². The van der Waals surface area contributed by atoms with Gasteiger partial charge >= 0.3 is 11.9 Å². The molecule has 0 bridgehead atoms. The van der Waals surface area contributed by atoms with Gasteiger partial charge < -0.3 is 9.47 Å². The van der Waals surface area contributed by atoms with Crippen LogP contribution in [0.3, 0.4) is 0 Å². The average molecular weight is 412 g/mol. The number of benzene rings is 2. The van der Waals surface area contributed by atoms with Gasteiger partial charge in [-0.15, -0.1) is 0 Å². The first-order valence-electron chi connectivity index (χ1n) is 9.94. The van der Waals surface area contributed by atoms with Gasteiger partial charge in [0, 0.05) is 11.1 Å². The average Bonchev–Trinajstić information content (AvgIpc) is 2.76. The minimum atomic E-state index is -0.678. The lowest BCUT2D eigenvalue weighted by Crippen LogP contribution is -2.25. The van der Waals surface area contributed by atoms with Crippen LogP contribution in [0.1, 0.15) is 54.3 Å². The largest absolute Gasteiger partial charge is 0.466 e. The SMILES string of the molecule is CCOC(=O)C(CC)C(=O)c1ccccc1.CCOC(=O)CC(=O)c1ccccc1. The quantitative estimate of drug-likeness (QED) is 0.347. The summed E-state index contributed by atoms with van der Waals surface area (Å²) in [6.45, 7) is 5.86. The van der Waals surface area contributed by atoms with E-state index in [1.807, 2.05) is 19.1 Å². The minimum Gasteiger partial charge on any atom is -0.466 e. The lowest BCUT2D eigenvalue weighted by molar-refractivity contribution is -0.146. The number of carbonyl (C=O) groups is 4. The van der Waals surface area contributed by atoms with Gasteiger partial charge in [-0.25, -0.2) is 0 Å². The van der Waals surface area contributed by atoms with Crippen LogP contribution in [0.25, 0.3) is 0 Å². The van der Waals surface area contributed by atoms with Crippen LogP contribution in [0.2, 0.25) is 0 Å². The molecule has 1 atom stereocenters. The van der Waals surface area contributed by atoms with Gasteiger partial charge in [0.25, 0.3) is 0 Å². The van der Waals surface area contributed by atoms with Crippen molar-refractivity contribution in [2.24, 2.45) is 5.92 Å². The summed E-state index contributed by atoms with van der Waals surface area (Å²) in [5, 5.41) is 0. The highest BCUT2D eigenvalue weighted by Crippen LogP contribution is 2.14. The molecule has 160 valence electrons. The number of hydrogen-bond acceptors (Lipinski definition) is 6. The monoisotopic (exact) mass is 412 g/mol. The van der Waals surface area contributed by atoms with Gasteiger partial charge in [-0.2, -0.15) is 0 Å². The molecular formula is C24H28O6. The number of carbonyl (C=O) groups excluding carboxylic acids is 4. The van der Waals surface area contributed by atoms with Gasteiger partial charge in [-0.3, -0.25) is 19.2 Å². The van der Waals surface area contributed by atoms with Crippen molar-refractivity contribution in [2.45, 2.75) is 33.6 Å². The molecule has 0 saturated carbocycles. The Bertz CT molecular complexity index is 814. The Balaban J connectivity index is 0.000000303. The van der Waals surface area contributed by atoms with E-state index in [-0.39, 0.29) is 18.0 Å². The van der Waals surface area contributed by atoms with E-state index >= 15 is 0 Å². The number of hydrogen-bond donors (Lipinski definition) is 0. The Morgan fingerprint density at radius 2 is 1.23 bits per heavy atom. The molecule has 0 fully saturated rings. The fourth-order valence-electron chi connectivity index (χ4n) is 2.57. The van der Waals surface area contributed by atoms with Crippen LogP contribution >= 0.6 is 0 Å². The molecule has 0 aliphatic rings. The molecule has 0 heterocycles. The maximum Gasteiger partial charge on any atom is 0.316 e. The van der Waals surface area contributed by atoms with E-state index in [2.05, 4.69) is 4.74 Å². The molecule has 0 aromatic heterocycles. The maximum absolute atomic E-state index is 12.0. The summed E-state index contributed by atoms with van der Waals surface area (Å²) >= 11 is 0. The molecule has 6 nitrogen and oxygen atoms in total. The molecule has 0 aliphatic carbocycles. The molecule has 0 aliphatic heterocycles. The van der Waals surface area contributed by atoms with Crippen molar-refractivity contribution in [3.05, 3.63) is 71.8 Å². The third-order valence-electron chi connectivity index (χ3n) is 4.06. The Morgan fingerprint density at radius 1 is 0.733 bits per heavy atom. The van der Waals surface area contributed by atoms with Crippen molar-refractivity contribution in [1.29, 1.82) is 0 Å². The lowest BCUT2D eigenvalue weighted by Gasteiger charge is -2.12. The Hall–Kier alpha value is -3.28. The predicted octanol–water partition coefficient (Wildman–Crippen LogP) is 4.28. The summed E-state index contributed by atoms with van der Waals surface area (Å²) in [6, 6.07) is 17.5. The van der Waals surface area contributed by atoms with Gasteiger partial charge in [0.2, 0.25) is 0 Å². The predicted molar refractivity (Wildman–Crippen MR) is 113 cm³/mol. The third-order valence-corrected chi connectivity index (χ3v) is 4.06. The molecular weight excluding hydrogens is 384 g/mol. The van der Waals surface area contributed by atoms with Gasteiger partial charge in [-0.1, -0.05) is 67.6 Å². The van der Waals surface area contributed by atoms with E-state index in [0.29, 0.717) is 30.8 Å². The van der Waals surface area contributed by atoms with Crippen molar-refractivity contribution >= 4 is 23.5 Å². The highest BCUT2D eigenvalue weighted by molar-refractivity contribution is 6.08. The second-order valence-electron chi connectivity index (χ2n) is 6.21. The molecule has 2 aromatic rings. The van der Waals surface area contributed by atoms with Crippen molar-refractivity contribution < 1.29 is 28.7 Å². The zero-order valence-electron chi connectivity index (χ0n) is 17.6. The number of ketones is 2. The molecule has 0 spiro atoms. The molecule has 0 saturated heterocycles. The normalized spacial score (nSPS) is 10.8. The molecule has 2 aromatic carbocycles. The highest BCUT2D eigenvalue weighted by Gasteiger charge is 2.26. The zero-order chi connectivity index (χ0) is 22.4. The van der Waals surface area contributed by atoms with Gasteiger partial charge in [0.1, 0.15) is 12.3 Å². The molecule has 0 radical (unpaired) electrons. The van der Waals surface area contributed by atoms with Crippen LogP contribution < -0.4 is 0 Å². The molecule has 1 unspecified atom stereocenters.